The second-order valence-corrected chi connectivity index (χ2v) is 6.58. The molecule has 0 bridgehead atoms. The maximum Gasteiger partial charge on any atom is 0.246 e. The summed E-state index contributed by atoms with van der Waals surface area (Å²) in [6.45, 7) is 4.47. The number of ether oxygens (including phenoxy) is 1. The van der Waals surface area contributed by atoms with Gasteiger partial charge in [-0.15, -0.1) is 0 Å². The Kier molecular flexibility index (Phi) is 6.44. The zero-order valence-electron chi connectivity index (χ0n) is 16.1. The van der Waals surface area contributed by atoms with Crippen molar-refractivity contribution in [2.45, 2.75) is 6.92 Å². The second kappa shape index (κ2) is 9.18. The molecular formula is C20H24N4O4. The summed E-state index contributed by atoms with van der Waals surface area (Å²) in [7, 11) is 1.61. The Balaban J connectivity index is 1.44. The molecule has 0 atom stereocenters. The maximum atomic E-state index is 12.4. The van der Waals surface area contributed by atoms with Gasteiger partial charge in [-0.25, -0.2) is 0 Å². The SMILES string of the molecule is COc1cccc(/C=C/C(=O)N2CCN(CC(=O)Nc3cc(C)on3)CC2)c1. The lowest BCUT2D eigenvalue weighted by atomic mass is 10.2. The third-order valence-electron chi connectivity index (χ3n) is 4.46. The molecular weight excluding hydrogens is 360 g/mol. The van der Waals surface area contributed by atoms with E-state index in [9.17, 15) is 9.59 Å². The van der Waals surface area contributed by atoms with Gasteiger partial charge in [-0.2, -0.15) is 0 Å². The summed E-state index contributed by atoms with van der Waals surface area (Å²) in [4.78, 5) is 28.3. The van der Waals surface area contributed by atoms with Crippen LogP contribution in [0, 0.1) is 6.92 Å². The van der Waals surface area contributed by atoms with E-state index in [0.29, 0.717) is 37.8 Å². The van der Waals surface area contributed by atoms with Crippen molar-refractivity contribution in [3.8, 4) is 5.75 Å². The number of amides is 2. The largest absolute Gasteiger partial charge is 0.497 e. The highest BCUT2D eigenvalue weighted by molar-refractivity contribution is 5.92. The van der Waals surface area contributed by atoms with Crippen molar-refractivity contribution in [3.05, 3.63) is 47.7 Å². The smallest absolute Gasteiger partial charge is 0.246 e. The highest BCUT2D eigenvalue weighted by atomic mass is 16.5. The van der Waals surface area contributed by atoms with E-state index in [-0.39, 0.29) is 18.4 Å². The molecule has 2 aromatic rings. The molecule has 1 aromatic heterocycles. The first-order valence-corrected chi connectivity index (χ1v) is 9.10. The number of aromatic nitrogens is 1. The number of nitrogens with zero attached hydrogens (tertiary/aromatic N) is 3. The predicted octanol–water partition coefficient (Wildman–Crippen LogP) is 1.79. The number of carbonyl (C=O) groups is 2. The molecule has 0 aliphatic carbocycles. The highest BCUT2D eigenvalue weighted by Crippen LogP contribution is 2.14. The van der Waals surface area contributed by atoms with Gasteiger partial charge >= 0.3 is 0 Å². The fourth-order valence-electron chi connectivity index (χ4n) is 2.96. The van der Waals surface area contributed by atoms with Gasteiger partial charge in [0.25, 0.3) is 0 Å². The molecule has 8 heteroatoms. The van der Waals surface area contributed by atoms with Crippen LogP contribution in [0.4, 0.5) is 5.82 Å². The van der Waals surface area contributed by atoms with E-state index in [1.54, 1.807) is 37.2 Å². The third kappa shape index (κ3) is 5.43. The van der Waals surface area contributed by atoms with Gasteiger partial charge < -0.3 is 19.5 Å². The van der Waals surface area contributed by atoms with Crippen LogP contribution in [0.3, 0.4) is 0 Å². The van der Waals surface area contributed by atoms with Crippen LogP contribution in [0.1, 0.15) is 11.3 Å². The Morgan fingerprint density at radius 1 is 1.25 bits per heavy atom. The van der Waals surface area contributed by atoms with Crippen LogP contribution in [0.2, 0.25) is 0 Å². The number of benzene rings is 1. The summed E-state index contributed by atoms with van der Waals surface area (Å²) < 4.78 is 10.1. The van der Waals surface area contributed by atoms with Gasteiger partial charge in [-0.3, -0.25) is 14.5 Å². The van der Waals surface area contributed by atoms with Crippen LogP contribution in [-0.2, 0) is 9.59 Å². The molecule has 1 aromatic carbocycles. The number of hydrogen-bond acceptors (Lipinski definition) is 6. The minimum Gasteiger partial charge on any atom is -0.497 e. The molecule has 2 heterocycles. The zero-order valence-corrected chi connectivity index (χ0v) is 16.1. The fraction of sp³-hybridized carbons (Fsp3) is 0.350. The van der Waals surface area contributed by atoms with Gasteiger partial charge in [0.05, 0.1) is 13.7 Å². The summed E-state index contributed by atoms with van der Waals surface area (Å²) in [5.74, 6) is 1.63. The Hall–Kier alpha value is -3.13. The summed E-state index contributed by atoms with van der Waals surface area (Å²) in [6.07, 6.45) is 3.36. The first kappa shape index (κ1) is 19.6. The molecule has 148 valence electrons. The molecule has 0 saturated carbocycles. The van der Waals surface area contributed by atoms with Crippen molar-refractivity contribution >= 4 is 23.7 Å². The lowest BCUT2D eigenvalue weighted by Crippen LogP contribution is -2.50. The molecule has 28 heavy (non-hydrogen) atoms. The fourth-order valence-corrected chi connectivity index (χ4v) is 2.96. The number of piperazine rings is 1. The van der Waals surface area contributed by atoms with Gasteiger partial charge in [0, 0.05) is 38.3 Å². The number of rotatable bonds is 6. The van der Waals surface area contributed by atoms with Crippen LogP contribution in [0.25, 0.3) is 6.08 Å². The van der Waals surface area contributed by atoms with Crippen LogP contribution >= 0.6 is 0 Å². The molecule has 0 unspecified atom stereocenters. The van der Waals surface area contributed by atoms with E-state index >= 15 is 0 Å². The van der Waals surface area contributed by atoms with E-state index in [0.717, 1.165) is 11.3 Å². The van der Waals surface area contributed by atoms with Crippen molar-refractivity contribution in [1.29, 1.82) is 0 Å². The van der Waals surface area contributed by atoms with E-state index in [2.05, 4.69) is 10.5 Å². The zero-order chi connectivity index (χ0) is 19.9. The van der Waals surface area contributed by atoms with Gasteiger partial charge in [-0.1, -0.05) is 17.3 Å². The minimum atomic E-state index is -0.147. The number of carbonyl (C=O) groups excluding carboxylic acids is 2. The Labute approximate surface area is 163 Å². The minimum absolute atomic E-state index is 0.0370. The number of methoxy groups -OCH3 is 1. The van der Waals surface area contributed by atoms with Crippen LogP contribution < -0.4 is 10.1 Å². The van der Waals surface area contributed by atoms with Crippen LogP contribution in [0.5, 0.6) is 5.75 Å². The Bertz CT molecular complexity index is 853. The summed E-state index contributed by atoms with van der Waals surface area (Å²) in [6, 6.07) is 9.20. The molecule has 1 saturated heterocycles. The van der Waals surface area contributed by atoms with E-state index in [1.165, 1.54) is 0 Å². The van der Waals surface area contributed by atoms with E-state index in [1.807, 2.05) is 29.2 Å². The van der Waals surface area contributed by atoms with Gasteiger partial charge in [0.2, 0.25) is 11.8 Å². The lowest BCUT2D eigenvalue weighted by molar-refractivity contribution is -0.127. The number of anilines is 1. The lowest BCUT2D eigenvalue weighted by Gasteiger charge is -2.33. The molecule has 0 radical (unpaired) electrons. The first-order valence-electron chi connectivity index (χ1n) is 9.10. The molecule has 1 aliphatic heterocycles. The topological polar surface area (TPSA) is 87.9 Å². The van der Waals surface area contributed by atoms with Crippen molar-refractivity contribution in [2.24, 2.45) is 0 Å². The van der Waals surface area contributed by atoms with Crippen LogP contribution in [-0.4, -0.2) is 66.6 Å². The Morgan fingerprint density at radius 2 is 2.04 bits per heavy atom. The average Bonchev–Trinajstić information content (AvgIpc) is 3.11. The summed E-state index contributed by atoms with van der Waals surface area (Å²) >= 11 is 0. The monoisotopic (exact) mass is 384 g/mol. The molecule has 1 N–H and O–H groups in total. The van der Waals surface area contributed by atoms with Gasteiger partial charge in [-0.05, 0) is 30.7 Å². The second-order valence-electron chi connectivity index (χ2n) is 6.58. The Morgan fingerprint density at radius 3 is 2.71 bits per heavy atom. The van der Waals surface area contributed by atoms with Crippen molar-refractivity contribution < 1.29 is 18.8 Å². The summed E-state index contributed by atoms with van der Waals surface area (Å²) in [5, 5.41) is 6.45. The normalized spacial score (nSPS) is 15.0. The number of nitrogens with one attached hydrogen (secondary N) is 1. The standard InChI is InChI=1S/C20H24N4O4/c1-15-12-18(22-28-15)21-19(25)14-23-8-10-24(11-9-23)20(26)7-6-16-4-3-5-17(13-16)27-2/h3-7,12-13H,8-11,14H2,1-2H3,(H,21,22,25)/b7-6+. The maximum absolute atomic E-state index is 12.4. The molecule has 1 aliphatic rings. The highest BCUT2D eigenvalue weighted by Gasteiger charge is 2.21. The van der Waals surface area contributed by atoms with Crippen molar-refractivity contribution in [3.63, 3.8) is 0 Å². The van der Waals surface area contributed by atoms with Gasteiger partial charge in [0.15, 0.2) is 5.82 Å². The number of hydrogen-bond donors (Lipinski definition) is 1. The van der Waals surface area contributed by atoms with Crippen molar-refractivity contribution in [1.82, 2.24) is 15.0 Å². The molecule has 0 spiro atoms. The average molecular weight is 384 g/mol. The molecule has 1 fully saturated rings. The van der Waals surface area contributed by atoms with Crippen LogP contribution in [0.15, 0.2) is 40.9 Å². The first-order chi connectivity index (χ1) is 13.5. The van der Waals surface area contributed by atoms with E-state index in [4.69, 9.17) is 9.26 Å². The van der Waals surface area contributed by atoms with Gasteiger partial charge in [0.1, 0.15) is 11.5 Å². The third-order valence-corrected chi connectivity index (χ3v) is 4.46. The quantitative estimate of drug-likeness (QED) is 0.764. The molecule has 2 amide bonds. The molecule has 3 rings (SSSR count). The van der Waals surface area contributed by atoms with E-state index < -0.39 is 0 Å². The number of aryl methyl sites for hydroxylation is 1. The van der Waals surface area contributed by atoms with Crippen molar-refractivity contribution in [2.75, 3.05) is 45.2 Å². The molecule has 8 nitrogen and oxygen atoms in total. The predicted molar refractivity (Wildman–Crippen MR) is 105 cm³/mol. The summed E-state index contributed by atoms with van der Waals surface area (Å²) in [5.41, 5.74) is 0.908.